The number of aromatic nitrogens is 2. The van der Waals surface area contributed by atoms with Crippen molar-refractivity contribution in [1.29, 1.82) is 0 Å². The largest absolute Gasteiger partial charge is 0.473 e. The quantitative estimate of drug-likeness (QED) is 0.392. The monoisotopic (exact) mass is 224 g/mol. The normalized spacial score (nSPS) is 15.0. The Morgan fingerprint density at radius 3 is 3.00 bits per heavy atom. The minimum absolute atomic E-state index is 0.275. The lowest BCUT2D eigenvalue weighted by molar-refractivity contribution is 0.289. The average Bonchev–Trinajstić information content (AvgIpc) is 2.25. The lowest BCUT2D eigenvalue weighted by atomic mass is 10.2. The molecule has 7 nitrogen and oxygen atoms in total. The van der Waals surface area contributed by atoms with Crippen LogP contribution in [0.1, 0.15) is 5.56 Å². The first-order chi connectivity index (χ1) is 7.65. The predicted octanol–water partition coefficient (Wildman–Crippen LogP) is -0.583. The van der Waals surface area contributed by atoms with E-state index in [4.69, 9.17) is 9.94 Å². The van der Waals surface area contributed by atoms with Gasteiger partial charge in [0.15, 0.2) is 0 Å². The highest BCUT2D eigenvalue weighted by Crippen LogP contribution is 2.28. The standard InChI is InChI=1S/C9H12N4O3/c1-12-3-4-16-8-7(12)6(5-10-15)9(14)13(2)11-8/h5,15H,3-4H2,1-2H3. The number of fused-ring (bicyclic) bond motifs is 1. The molecule has 1 N–H and O–H groups in total. The number of ether oxygens (including phenoxy) is 1. The molecule has 1 aliphatic heterocycles. The smallest absolute Gasteiger partial charge is 0.277 e. The van der Waals surface area contributed by atoms with E-state index in [9.17, 15) is 4.79 Å². The average molecular weight is 224 g/mol. The van der Waals surface area contributed by atoms with Crippen LogP contribution in [0.2, 0.25) is 0 Å². The summed E-state index contributed by atoms with van der Waals surface area (Å²) in [5.74, 6) is 0.380. The van der Waals surface area contributed by atoms with Gasteiger partial charge >= 0.3 is 0 Å². The number of oxime groups is 1. The third-order valence-corrected chi connectivity index (χ3v) is 2.46. The Labute approximate surface area is 91.5 Å². The molecule has 2 rings (SSSR count). The van der Waals surface area contributed by atoms with Crippen LogP contribution in [0.4, 0.5) is 5.69 Å². The van der Waals surface area contributed by atoms with Crippen molar-refractivity contribution in [3.63, 3.8) is 0 Å². The Balaban J connectivity index is 2.73. The van der Waals surface area contributed by atoms with Crippen LogP contribution in [0.5, 0.6) is 5.88 Å². The first-order valence-electron chi connectivity index (χ1n) is 4.78. The van der Waals surface area contributed by atoms with Gasteiger partial charge in [-0.1, -0.05) is 5.16 Å². The number of hydrogen-bond donors (Lipinski definition) is 1. The van der Waals surface area contributed by atoms with Crippen molar-refractivity contribution < 1.29 is 9.94 Å². The molecule has 0 saturated heterocycles. The van der Waals surface area contributed by atoms with Gasteiger partial charge in [-0.05, 0) is 0 Å². The van der Waals surface area contributed by atoms with Crippen LogP contribution in [0.25, 0.3) is 0 Å². The van der Waals surface area contributed by atoms with Crippen molar-refractivity contribution in [1.82, 2.24) is 9.78 Å². The van der Waals surface area contributed by atoms with Gasteiger partial charge in [0.05, 0.1) is 18.3 Å². The van der Waals surface area contributed by atoms with Gasteiger partial charge < -0.3 is 14.8 Å². The van der Waals surface area contributed by atoms with E-state index in [1.165, 1.54) is 7.05 Å². The number of aryl methyl sites for hydroxylation is 1. The zero-order valence-corrected chi connectivity index (χ0v) is 9.04. The highest BCUT2D eigenvalue weighted by Gasteiger charge is 2.23. The summed E-state index contributed by atoms with van der Waals surface area (Å²) in [5, 5.41) is 15.5. The Hall–Kier alpha value is -2.05. The summed E-state index contributed by atoms with van der Waals surface area (Å²) in [6, 6.07) is 0. The van der Waals surface area contributed by atoms with Gasteiger partial charge in [0.2, 0.25) is 0 Å². The van der Waals surface area contributed by atoms with Gasteiger partial charge in [0.25, 0.3) is 11.4 Å². The fourth-order valence-electron chi connectivity index (χ4n) is 1.65. The van der Waals surface area contributed by atoms with E-state index in [1.807, 2.05) is 11.9 Å². The molecule has 0 saturated carbocycles. The zero-order chi connectivity index (χ0) is 11.7. The summed E-state index contributed by atoms with van der Waals surface area (Å²) in [4.78, 5) is 13.6. The molecule has 0 aromatic carbocycles. The maximum Gasteiger partial charge on any atom is 0.277 e. The lowest BCUT2D eigenvalue weighted by Crippen LogP contribution is -2.35. The predicted molar refractivity (Wildman–Crippen MR) is 57.6 cm³/mol. The Morgan fingerprint density at radius 2 is 2.31 bits per heavy atom. The Bertz CT molecular complexity index is 494. The van der Waals surface area contributed by atoms with Crippen LogP contribution in [0.3, 0.4) is 0 Å². The third kappa shape index (κ3) is 1.50. The highest BCUT2D eigenvalue weighted by molar-refractivity contribution is 5.89. The molecule has 2 heterocycles. The number of rotatable bonds is 1. The lowest BCUT2D eigenvalue weighted by Gasteiger charge is -2.27. The van der Waals surface area contributed by atoms with E-state index in [2.05, 4.69) is 10.3 Å². The molecule has 0 spiro atoms. The summed E-state index contributed by atoms with van der Waals surface area (Å²) >= 11 is 0. The van der Waals surface area contributed by atoms with Crippen molar-refractivity contribution >= 4 is 11.9 Å². The Morgan fingerprint density at radius 1 is 1.56 bits per heavy atom. The van der Waals surface area contributed by atoms with Crippen LogP contribution in [0.15, 0.2) is 9.95 Å². The van der Waals surface area contributed by atoms with Crippen LogP contribution in [-0.4, -0.2) is 41.4 Å². The second kappa shape index (κ2) is 3.84. The van der Waals surface area contributed by atoms with Crippen LogP contribution >= 0.6 is 0 Å². The summed E-state index contributed by atoms with van der Waals surface area (Å²) < 4.78 is 6.52. The minimum atomic E-state index is -0.325. The van der Waals surface area contributed by atoms with E-state index in [1.54, 1.807) is 0 Å². The molecule has 0 bridgehead atoms. The van der Waals surface area contributed by atoms with Crippen LogP contribution in [-0.2, 0) is 7.05 Å². The second-order valence-electron chi connectivity index (χ2n) is 3.51. The maximum absolute atomic E-state index is 11.8. The minimum Gasteiger partial charge on any atom is -0.473 e. The third-order valence-electron chi connectivity index (χ3n) is 2.46. The molecule has 0 unspecified atom stereocenters. The summed E-state index contributed by atoms with van der Waals surface area (Å²) in [6.45, 7) is 1.18. The summed E-state index contributed by atoms with van der Waals surface area (Å²) in [6.07, 6.45) is 1.11. The molecule has 1 aromatic heterocycles. The molecule has 86 valence electrons. The Kier molecular flexibility index (Phi) is 2.51. The molecular weight excluding hydrogens is 212 g/mol. The molecule has 0 atom stereocenters. The van der Waals surface area contributed by atoms with Crippen molar-refractivity contribution in [3.8, 4) is 5.88 Å². The zero-order valence-electron chi connectivity index (χ0n) is 9.04. The molecule has 0 radical (unpaired) electrons. The molecule has 1 aliphatic rings. The first-order valence-corrected chi connectivity index (χ1v) is 4.78. The molecular formula is C9H12N4O3. The van der Waals surface area contributed by atoms with Crippen molar-refractivity contribution in [2.75, 3.05) is 25.1 Å². The van der Waals surface area contributed by atoms with Crippen LogP contribution in [0, 0.1) is 0 Å². The fraction of sp³-hybridized carbons (Fsp3) is 0.444. The first kappa shape index (κ1) is 10.5. The van der Waals surface area contributed by atoms with Gasteiger partial charge in [-0.3, -0.25) is 4.79 Å². The molecule has 7 heteroatoms. The van der Waals surface area contributed by atoms with Gasteiger partial charge in [-0.25, -0.2) is 4.68 Å². The van der Waals surface area contributed by atoms with Crippen LogP contribution < -0.4 is 15.2 Å². The fourth-order valence-corrected chi connectivity index (χ4v) is 1.65. The number of anilines is 1. The molecule has 1 aromatic rings. The number of likely N-dealkylation sites (N-methyl/N-ethyl adjacent to an activating group) is 1. The molecule has 0 amide bonds. The number of hydrogen-bond acceptors (Lipinski definition) is 6. The number of nitrogens with zero attached hydrogens (tertiary/aromatic N) is 4. The topological polar surface area (TPSA) is 80.0 Å². The molecule has 0 aliphatic carbocycles. The molecule has 16 heavy (non-hydrogen) atoms. The SMILES string of the molecule is CN1CCOc2nn(C)c(=O)c(C=NO)c21. The van der Waals surface area contributed by atoms with Gasteiger partial charge in [0, 0.05) is 14.1 Å². The van der Waals surface area contributed by atoms with Gasteiger partial charge in [0.1, 0.15) is 12.3 Å². The van der Waals surface area contributed by atoms with E-state index in [0.717, 1.165) is 10.9 Å². The van der Waals surface area contributed by atoms with E-state index < -0.39 is 0 Å². The maximum atomic E-state index is 11.8. The van der Waals surface area contributed by atoms with Crippen molar-refractivity contribution in [3.05, 3.63) is 15.9 Å². The van der Waals surface area contributed by atoms with Gasteiger partial charge in [-0.2, -0.15) is 0 Å². The summed E-state index contributed by atoms with van der Waals surface area (Å²) in [5.41, 5.74) is 0.512. The molecule has 0 fully saturated rings. The second-order valence-corrected chi connectivity index (χ2v) is 3.51. The highest BCUT2D eigenvalue weighted by atomic mass is 16.5. The van der Waals surface area contributed by atoms with Crippen molar-refractivity contribution in [2.45, 2.75) is 0 Å². The van der Waals surface area contributed by atoms with E-state index in [0.29, 0.717) is 24.7 Å². The van der Waals surface area contributed by atoms with E-state index >= 15 is 0 Å². The van der Waals surface area contributed by atoms with Gasteiger partial charge in [-0.15, -0.1) is 5.10 Å². The van der Waals surface area contributed by atoms with Crippen molar-refractivity contribution in [2.24, 2.45) is 12.2 Å². The summed E-state index contributed by atoms with van der Waals surface area (Å²) in [7, 11) is 3.35. The van der Waals surface area contributed by atoms with E-state index in [-0.39, 0.29) is 11.1 Å².